The van der Waals surface area contributed by atoms with Crippen molar-refractivity contribution < 1.29 is 0 Å². The summed E-state index contributed by atoms with van der Waals surface area (Å²) in [6, 6.07) is 64.3. The van der Waals surface area contributed by atoms with Crippen LogP contribution in [0.5, 0.6) is 0 Å². The monoisotopic (exact) mass is 591 g/mol. The van der Waals surface area contributed by atoms with Gasteiger partial charge in [-0.05, 0) is 69.8 Å². The maximum atomic E-state index is 2.37. The number of nitrogens with zero attached hydrogens (tertiary/aromatic N) is 1. The number of hydrogen-bond donors (Lipinski definition) is 0. The Morgan fingerprint density at radius 2 is 0.933 bits per heavy atom. The van der Waals surface area contributed by atoms with Crippen LogP contribution in [0, 0.1) is 0 Å². The molecule has 2 heteroatoms. The molecule has 0 atom stereocenters. The lowest BCUT2D eigenvalue weighted by Gasteiger charge is -2.34. The van der Waals surface area contributed by atoms with Crippen molar-refractivity contribution in [2.75, 3.05) is 4.90 Å². The molecule has 1 aliphatic carbocycles. The zero-order valence-corrected chi connectivity index (χ0v) is 25.4. The molecule has 45 heavy (non-hydrogen) atoms. The molecule has 212 valence electrons. The van der Waals surface area contributed by atoms with Gasteiger partial charge in [0.1, 0.15) is 0 Å². The molecule has 0 amide bonds. The van der Waals surface area contributed by atoms with Gasteiger partial charge in [-0.1, -0.05) is 140 Å². The molecule has 0 spiro atoms. The van der Waals surface area contributed by atoms with Crippen LogP contribution in [-0.2, 0) is 5.41 Å². The van der Waals surface area contributed by atoms with Crippen molar-refractivity contribution in [3.05, 3.63) is 198 Å². The summed E-state index contributed by atoms with van der Waals surface area (Å²) in [5.74, 6) is 0. The second-order valence-electron chi connectivity index (χ2n) is 11.7. The predicted octanol–water partition coefficient (Wildman–Crippen LogP) is 11.9. The third kappa shape index (κ3) is 3.86. The van der Waals surface area contributed by atoms with Gasteiger partial charge in [-0.2, -0.15) is 0 Å². The minimum Gasteiger partial charge on any atom is -0.310 e. The standard InChI is InChI=1S/C43H29NS/c1-4-15-30(16-5-1)43(38-24-12-10-21-34(38)35-22-11-13-25-39(35)43)40-26-14-23-37-36-28-27-33(29-41(36)45-42(37)40)44(31-17-6-2-7-18-31)32-19-8-3-9-20-32/h1-29H. The molecular formula is C43H29NS. The fourth-order valence-electron chi connectivity index (χ4n) is 7.50. The molecule has 1 heterocycles. The van der Waals surface area contributed by atoms with Crippen molar-refractivity contribution in [1.82, 2.24) is 0 Å². The second-order valence-corrected chi connectivity index (χ2v) is 12.7. The van der Waals surface area contributed by atoms with Gasteiger partial charge in [-0.3, -0.25) is 0 Å². The van der Waals surface area contributed by atoms with Gasteiger partial charge in [0, 0.05) is 37.2 Å². The Kier molecular flexibility index (Phi) is 5.97. The van der Waals surface area contributed by atoms with Crippen molar-refractivity contribution in [2.24, 2.45) is 0 Å². The Hall–Kier alpha value is -5.44. The number of rotatable bonds is 5. The Bertz CT molecular complexity index is 2240. The van der Waals surface area contributed by atoms with E-state index in [1.54, 1.807) is 0 Å². The number of para-hydroxylation sites is 2. The fraction of sp³-hybridized carbons (Fsp3) is 0.0233. The first-order valence-electron chi connectivity index (χ1n) is 15.4. The van der Waals surface area contributed by atoms with E-state index in [1.807, 2.05) is 11.3 Å². The van der Waals surface area contributed by atoms with Crippen molar-refractivity contribution in [1.29, 1.82) is 0 Å². The summed E-state index contributed by atoms with van der Waals surface area (Å²) in [5.41, 5.74) is 11.0. The molecule has 1 aliphatic rings. The lowest BCUT2D eigenvalue weighted by molar-refractivity contribution is 0.778. The minimum atomic E-state index is -0.419. The van der Waals surface area contributed by atoms with Crippen molar-refractivity contribution in [2.45, 2.75) is 5.41 Å². The van der Waals surface area contributed by atoms with E-state index in [9.17, 15) is 0 Å². The number of hydrogen-bond acceptors (Lipinski definition) is 2. The summed E-state index contributed by atoms with van der Waals surface area (Å²) in [6.07, 6.45) is 0. The molecule has 0 aliphatic heterocycles. The van der Waals surface area contributed by atoms with Crippen LogP contribution in [0.25, 0.3) is 31.3 Å². The number of thiophene rings is 1. The molecule has 0 saturated heterocycles. The molecule has 0 fully saturated rings. The normalized spacial score (nSPS) is 13.1. The summed E-state index contributed by atoms with van der Waals surface area (Å²) in [4.78, 5) is 2.35. The molecule has 0 saturated carbocycles. The summed E-state index contributed by atoms with van der Waals surface area (Å²) in [6.45, 7) is 0. The first-order valence-corrected chi connectivity index (χ1v) is 16.3. The highest BCUT2D eigenvalue weighted by molar-refractivity contribution is 7.26. The van der Waals surface area contributed by atoms with E-state index in [-0.39, 0.29) is 0 Å². The summed E-state index contributed by atoms with van der Waals surface area (Å²) in [7, 11) is 0. The average molecular weight is 592 g/mol. The molecule has 0 N–H and O–H groups in total. The van der Waals surface area contributed by atoms with E-state index in [0.717, 1.165) is 17.1 Å². The lowest BCUT2D eigenvalue weighted by Crippen LogP contribution is -2.28. The van der Waals surface area contributed by atoms with Crippen LogP contribution in [-0.4, -0.2) is 0 Å². The molecule has 0 bridgehead atoms. The molecule has 9 rings (SSSR count). The fourth-order valence-corrected chi connectivity index (χ4v) is 8.81. The van der Waals surface area contributed by atoms with Gasteiger partial charge in [0.05, 0.1) is 5.41 Å². The Labute approximate surface area is 267 Å². The average Bonchev–Trinajstić information content (AvgIpc) is 3.64. The Morgan fingerprint density at radius 3 is 1.56 bits per heavy atom. The Balaban J connectivity index is 1.32. The highest BCUT2D eigenvalue weighted by Crippen LogP contribution is 2.58. The largest absolute Gasteiger partial charge is 0.310 e. The van der Waals surface area contributed by atoms with E-state index < -0.39 is 5.41 Å². The molecular weight excluding hydrogens is 563 g/mol. The van der Waals surface area contributed by atoms with Gasteiger partial charge in [0.25, 0.3) is 0 Å². The lowest BCUT2D eigenvalue weighted by atomic mass is 9.67. The van der Waals surface area contributed by atoms with Crippen LogP contribution in [0.4, 0.5) is 17.1 Å². The van der Waals surface area contributed by atoms with Crippen LogP contribution in [0.1, 0.15) is 22.3 Å². The number of anilines is 3. The van der Waals surface area contributed by atoms with Crippen LogP contribution in [0.3, 0.4) is 0 Å². The first kappa shape index (κ1) is 26.0. The van der Waals surface area contributed by atoms with Crippen LogP contribution < -0.4 is 4.90 Å². The molecule has 0 radical (unpaired) electrons. The third-order valence-electron chi connectivity index (χ3n) is 9.33. The van der Waals surface area contributed by atoms with Crippen molar-refractivity contribution in [3.63, 3.8) is 0 Å². The molecule has 8 aromatic rings. The van der Waals surface area contributed by atoms with Crippen LogP contribution in [0.15, 0.2) is 176 Å². The third-order valence-corrected chi connectivity index (χ3v) is 10.5. The van der Waals surface area contributed by atoms with Gasteiger partial charge >= 0.3 is 0 Å². The smallest absolute Gasteiger partial charge is 0.0727 e. The minimum absolute atomic E-state index is 0.419. The SMILES string of the molecule is c1ccc(N(c2ccccc2)c2ccc3c(c2)sc2c(C4(c5ccccc5)c5ccccc5-c5ccccc54)cccc23)cc1. The van der Waals surface area contributed by atoms with E-state index in [2.05, 4.69) is 181 Å². The Morgan fingerprint density at radius 1 is 0.400 bits per heavy atom. The van der Waals surface area contributed by atoms with Crippen molar-refractivity contribution in [3.8, 4) is 11.1 Å². The maximum Gasteiger partial charge on any atom is 0.0727 e. The number of benzene rings is 7. The quantitative estimate of drug-likeness (QED) is 0.192. The number of fused-ring (bicyclic) bond motifs is 6. The molecule has 1 nitrogen and oxygen atoms in total. The van der Waals surface area contributed by atoms with Gasteiger partial charge < -0.3 is 4.90 Å². The van der Waals surface area contributed by atoms with Crippen LogP contribution >= 0.6 is 11.3 Å². The zero-order valence-electron chi connectivity index (χ0n) is 24.6. The zero-order chi connectivity index (χ0) is 29.8. The summed E-state index contributed by atoms with van der Waals surface area (Å²) in [5, 5.41) is 2.60. The highest BCUT2D eigenvalue weighted by atomic mass is 32.1. The van der Waals surface area contributed by atoms with E-state index in [1.165, 1.54) is 53.6 Å². The van der Waals surface area contributed by atoms with Crippen LogP contribution in [0.2, 0.25) is 0 Å². The van der Waals surface area contributed by atoms with Gasteiger partial charge in [-0.25, -0.2) is 0 Å². The van der Waals surface area contributed by atoms with Gasteiger partial charge in [0.15, 0.2) is 0 Å². The molecule has 0 unspecified atom stereocenters. The predicted molar refractivity (Wildman–Crippen MR) is 191 cm³/mol. The second kappa shape index (κ2) is 10.3. The summed E-state index contributed by atoms with van der Waals surface area (Å²) >= 11 is 1.91. The van der Waals surface area contributed by atoms with Crippen molar-refractivity contribution >= 4 is 48.6 Å². The topological polar surface area (TPSA) is 3.24 Å². The maximum absolute atomic E-state index is 2.37. The van der Waals surface area contributed by atoms with Gasteiger partial charge in [-0.15, -0.1) is 11.3 Å². The molecule has 7 aromatic carbocycles. The van der Waals surface area contributed by atoms with E-state index in [4.69, 9.17) is 0 Å². The first-order chi connectivity index (χ1) is 22.3. The van der Waals surface area contributed by atoms with E-state index in [0.29, 0.717) is 0 Å². The molecule has 1 aromatic heterocycles. The highest BCUT2D eigenvalue weighted by Gasteiger charge is 2.46. The summed E-state index contributed by atoms with van der Waals surface area (Å²) < 4.78 is 2.63. The van der Waals surface area contributed by atoms with E-state index >= 15 is 0 Å². The van der Waals surface area contributed by atoms with Gasteiger partial charge in [0.2, 0.25) is 0 Å².